The van der Waals surface area contributed by atoms with E-state index in [1.165, 1.54) is 30.6 Å². The van der Waals surface area contributed by atoms with E-state index in [9.17, 15) is 23.1 Å². The largest absolute Gasteiger partial charge is 0.425 e. The molecule has 0 saturated heterocycles. The number of aromatic nitrogens is 3. The second kappa shape index (κ2) is 8.64. The molecule has 0 aliphatic rings. The zero-order chi connectivity index (χ0) is 24.7. The molecule has 6 nitrogen and oxygen atoms in total. The molecule has 2 N–H and O–H groups in total. The van der Waals surface area contributed by atoms with Gasteiger partial charge in [0.1, 0.15) is 0 Å². The SMILES string of the molecule is C=CCn1cc(C(O)(c2ccc3c(cnn3C(=O)NC(C)CC)c2)C(F)(F)F)c2ccccc21. The number of amides is 1. The molecule has 0 fully saturated rings. The predicted molar refractivity (Wildman–Crippen MR) is 125 cm³/mol. The van der Waals surface area contributed by atoms with Crippen LogP contribution in [0, 0.1) is 0 Å². The van der Waals surface area contributed by atoms with Gasteiger partial charge in [0.15, 0.2) is 0 Å². The van der Waals surface area contributed by atoms with E-state index >= 15 is 0 Å². The van der Waals surface area contributed by atoms with Gasteiger partial charge in [-0.1, -0.05) is 37.3 Å². The maximum atomic E-state index is 14.6. The molecule has 178 valence electrons. The van der Waals surface area contributed by atoms with E-state index in [1.54, 1.807) is 34.9 Å². The fraction of sp³-hybridized carbons (Fsp3) is 0.280. The van der Waals surface area contributed by atoms with Gasteiger partial charge in [0.25, 0.3) is 0 Å². The van der Waals surface area contributed by atoms with E-state index in [-0.39, 0.29) is 29.1 Å². The van der Waals surface area contributed by atoms with Crippen LogP contribution in [0.2, 0.25) is 0 Å². The highest BCUT2D eigenvalue weighted by atomic mass is 19.4. The number of halogens is 3. The molecule has 2 atom stereocenters. The molecule has 34 heavy (non-hydrogen) atoms. The summed E-state index contributed by atoms with van der Waals surface area (Å²) in [6, 6.07) is 9.82. The van der Waals surface area contributed by atoms with Gasteiger partial charge in [0, 0.05) is 40.6 Å². The molecular formula is C25H25F3N4O2. The number of fused-ring (bicyclic) bond motifs is 2. The van der Waals surface area contributed by atoms with Crippen LogP contribution in [-0.4, -0.2) is 37.7 Å². The van der Waals surface area contributed by atoms with E-state index in [2.05, 4.69) is 17.0 Å². The Balaban J connectivity index is 1.88. The van der Waals surface area contributed by atoms with Gasteiger partial charge in [0.05, 0.1) is 11.7 Å². The Morgan fingerprint density at radius 1 is 1.24 bits per heavy atom. The first-order chi connectivity index (χ1) is 16.1. The number of hydrogen-bond acceptors (Lipinski definition) is 3. The fourth-order valence-electron chi connectivity index (χ4n) is 4.09. The van der Waals surface area contributed by atoms with Crippen molar-refractivity contribution in [1.82, 2.24) is 19.7 Å². The number of aliphatic hydroxyl groups is 1. The van der Waals surface area contributed by atoms with Crippen LogP contribution in [-0.2, 0) is 12.1 Å². The topological polar surface area (TPSA) is 72.1 Å². The van der Waals surface area contributed by atoms with Crippen LogP contribution in [0.5, 0.6) is 0 Å². The number of benzene rings is 2. The molecule has 4 rings (SSSR count). The van der Waals surface area contributed by atoms with Crippen LogP contribution >= 0.6 is 0 Å². The predicted octanol–water partition coefficient (Wildman–Crippen LogP) is 5.33. The number of allylic oxidation sites excluding steroid dienone is 1. The zero-order valence-corrected chi connectivity index (χ0v) is 18.8. The van der Waals surface area contributed by atoms with Gasteiger partial charge in [-0.15, -0.1) is 6.58 Å². The van der Waals surface area contributed by atoms with E-state index in [0.717, 1.165) is 4.68 Å². The van der Waals surface area contributed by atoms with E-state index < -0.39 is 17.8 Å². The third-order valence-corrected chi connectivity index (χ3v) is 6.07. The second-order valence-electron chi connectivity index (χ2n) is 8.30. The first-order valence-corrected chi connectivity index (χ1v) is 10.9. The van der Waals surface area contributed by atoms with Gasteiger partial charge in [-0.25, -0.2) is 4.79 Å². The van der Waals surface area contributed by atoms with Crippen LogP contribution in [0.3, 0.4) is 0 Å². The highest BCUT2D eigenvalue weighted by molar-refractivity contribution is 5.91. The van der Waals surface area contributed by atoms with Crippen molar-refractivity contribution < 1.29 is 23.1 Å². The second-order valence-corrected chi connectivity index (χ2v) is 8.30. The Bertz CT molecular complexity index is 1370. The van der Waals surface area contributed by atoms with E-state index in [1.807, 2.05) is 13.8 Å². The van der Waals surface area contributed by atoms with E-state index in [0.29, 0.717) is 22.8 Å². The molecule has 2 heterocycles. The van der Waals surface area contributed by atoms with E-state index in [4.69, 9.17) is 0 Å². The van der Waals surface area contributed by atoms with Crippen molar-refractivity contribution in [3.8, 4) is 0 Å². The lowest BCUT2D eigenvalue weighted by molar-refractivity contribution is -0.247. The van der Waals surface area contributed by atoms with Gasteiger partial charge < -0.3 is 15.0 Å². The molecule has 4 aromatic rings. The van der Waals surface area contributed by atoms with Crippen LogP contribution in [0.15, 0.2) is 67.5 Å². The molecule has 0 aliphatic carbocycles. The molecule has 0 radical (unpaired) electrons. The van der Waals surface area contributed by atoms with Gasteiger partial charge in [0.2, 0.25) is 5.60 Å². The maximum Gasteiger partial charge on any atom is 0.425 e. The number of nitrogens with one attached hydrogen (secondary N) is 1. The minimum absolute atomic E-state index is 0.0887. The zero-order valence-electron chi connectivity index (χ0n) is 18.8. The minimum atomic E-state index is -5.02. The Kier molecular flexibility index (Phi) is 5.99. The molecule has 0 aliphatic heterocycles. The number of rotatable bonds is 6. The van der Waals surface area contributed by atoms with Gasteiger partial charge >= 0.3 is 12.2 Å². The molecule has 0 saturated carbocycles. The summed E-state index contributed by atoms with van der Waals surface area (Å²) in [6.45, 7) is 7.71. The number of hydrogen-bond donors (Lipinski definition) is 2. The highest BCUT2D eigenvalue weighted by Crippen LogP contribution is 2.47. The lowest BCUT2D eigenvalue weighted by atomic mass is 9.85. The van der Waals surface area contributed by atoms with Gasteiger partial charge in [-0.2, -0.15) is 23.0 Å². The molecule has 0 bridgehead atoms. The van der Waals surface area contributed by atoms with Crippen molar-refractivity contribution in [1.29, 1.82) is 0 Å². The van der Waals surface area contributed by atoms with Crippen LogP contribution in [0.4, 0.5) is 18.0 Å². The number of carbonyl (C=O) groups excluding carboxylic acids is 1. The third-order valence-electron chi connectivity index (χ3n) is 6.07. The molecule has 2 unspecified atom stereocenters. The Morgan fingerprint density at radius 2 is 1.97 bits per heavy atom. The number of carbonyl (C=O) groups is 1. The quantitative estimate of drug-likeness (QED) is 0.374. The summed E-state index contributed by atoms with van der Waals surface area (Å²) in [5.74, 6) is 0. The average molecular weight is 470 g/mol. The molecule has 0 spiro atoms. The Hall–Kier alpha value is -3.59. The monoisotopic (exact) mass is 470 g/mol. The summed E-state index contributed by atoms with van der Waals surface area (Å²) in [4.78, 5) is 12.5. The summed E-state index contributed by atoms with van der Waals surface area (Å²) in [5.41, 5.74) is -3.04. The molecule has 9 heteroatoms. The van der Waals surface area contributed by atoms with Crippen molar-refractivity contribution in [2.45, 2.75) is 44.6 Å². The van der Waals surface area contributed by atoms with Crippen molar-refractivity contribution in [2.75, 3.05) is 0 Å². The molecule has 2 aromatic carbocycles. The fourth-order valence-corrected chi connectivity index (χ4v) is 4.09. The normalized spacial score (nSPS) is 14.8. The van der Waals surface area contributed by atoms with Crippen molar-refractivity contribution in [2.24, 2.45) is 0 Å². The summed E-state index contributed by atoms with van der Waals surface area (Å²) >= 11 is 0. The van der Waals surface area contributed by atoms with Crippen molar-refractivity contribution in [3.63, 3.8) is 0 Å². The summed E-state index contributed by atoms with van der Waals surface area (Å²) < 4.78 is 46.4. The maximum absolute atomic E-state index is 14.6. The standard InChI is InChI=1S/C25H25F3N4O2/c1-4-12-31-15-20(19-8-6-7-9-22(19)31)24(34,25(26,27)28)18-10-11-21-17(13-18)14-29-32(21)23(33)30-16(3)5-2/h4,6-11,13-16,34H,1,5,12H2,2-3H3,(H,30,33). The van der Waals surface area contributed by atoms with Gasteiger partial charge in [-0.3, -0.25) is 0 Å². The summed E-state index contributed by atoms with van der Waals surface area (Å²) in [7, 11) is 0. The van der Waals surface area contributed by atoms with Crippen molar-refractivity contribution in [3.05, 3.63) is 78.6 Å². The van der Waals surface area contributed by atoms with Crippen LogP contribution < -0.4 is 5.32 Å². The first kappa shape index (κ1) is 23.6. The summed E-state index contributed by atoms with van der Waals surface area (Å²) in [5, 5.41) is 18.7. The minimum Gasteiger partial charge on any atom is -0.372 e. The smallest absolute Gasteiger partial charge is 0.372 e. The molecular weight excluding hydrogens is 445 g/mol. The molecule has 1 amide bonds. The number of nitrogens with zero attached hydrogens (tertiary/aromatic N) is 3. The highest BCUT2D eigenvalue weighted by Gasteiger charge is 2.57. The Morgan fingerprint density at radius 3 is 2.65 bits per heavy atom. The first-order valence-electron chi connectivity index (χ1n) is 10.9. The van der Waals surface area contributed by atoms with Crippen molar-refractivity contribution >= 4 is 27.8 Å². The Labute approximate surface area is 194 Å². The lowest BCUT2D eigenvalue weighted by Crippen LogP contribution is -2.43. The third kappa shape index (κ3) is 3.75. The van der Waals surface area contributed by atoms with Crippen LogP contribution in [0.1, 0.15) is 31.4 Å². The number of para-hydroxylation sites is 1. The van der Waals surface area contributed by atoms with Gasteiger partial charge in [-0.05, 0) is 37.1 Å². The number of alkyl halides is 3. The average Bonchev–Trinajstić information content (AvgIpc) is 3.39. The van der Waals surface area contributed by atoms with Crippen LogP contribution in [0.25, 0.3) is 21.8 Å². The molecule has 2 aromatic heterocycles. The lowest BCUT2D eigenvalue weighted by Gasteiger charge is -2.31. The summed E-state index contributed by atoms with van der Waals surface area (Å²) in [6.07, 6.45) is -0.103.